The Kier molecular flexibility index (Phi) is 6.70. The van der Waals surface area contributed by atoms with Crippen molar-refractivity contribution in [2.45, 2.75) is 26.3 Å². The van der Waals surface area contributed by atoms with Crippen LogP contribution in [0.15, 0.2) is 66.7 Å². The van der Waals surface area contributed by atoms with Crippen LogP contribution in [0.25, 0.3) is 11.1 Å². The van der Waals surface area contributed by atoms with Crippen LogP contribution in [0.5, 0.6) is 0 Å². The van der Waals surface area contributed by atoms with E-state index >= 15 is 0 Å². The van der Waals surface area contributed by atoms with E-state index in [1.54, 1.807) is 24.3 Å². The van der Waals surface area contributed by atoms with Crippen LogP contribution in [0.1, 0.15) is 41.3 Å². The maximum atomic E-state index is 12.5. The maximum absolute atomic E-state index is 12.5. The summed E-state index contributed by atoms with van der Waals surface area (Å²) in [5, 5.41) is 14.6. The summed E-state index contributed by atoms with van der Waals surface area (Å²) in [5.74, 6) is -0.298. The molecule has 3 aromatic carbocycles. The van der Waals surface area contributed by atoms with E-state index in [0.29, 0.717) is 30.5 Å². The average Bonchev–Trinajstić information content (AvgIpc) is 2.86. The summed E-state index contributed by atoms with van der Waals surface area (Å²) < 4.78 is 0. The van der Waals surface area contributed by atoms with E-state index in [1.807, 2.05) is 24.3 Å². The van der Waals surface area contributed by atoms with E-state index in [4.69, 9.17) is 5.26 Å². The molecule has 0 aromatic heterocycles. The number of carbonyl (C=O) groups is 2. The van der Waals surface area contributed by atoms with Gasteiger partial charge in [0.15, 0.2) is 0 Å². The van der Waals surface area contributed by atoms with Gasteiger partial charge in [0.25, 0.3) is 5.91 Å². The number of anilines is 2. The lowest BCUT2D eigenvalue weighted by Crippen LogP contribution is -2.26. The molecular weight excluding hydrogens is 412 g/mol. The summed E-state index contributed by atoms with van der Waals surface area (Å²) in [4.78, 5) is 27.0. The van der Waals surface area contributed by atoms with E-state index in [-0.39, 0.29) is 11.8 Å². The zero-order chi connectivity index (χ0) is 23.2. The molecule has 33 heavy (non-hydrogen) atoms. The number of amides is 2. The minimum Gasteiger partial charge on any atom is -0.367 e. The van der Waals surface area contributed by atoms with Crippen molar-refractivity contribution in [1.82, 2.24) is 5.32 Å². The number of fused-ring (bicyclic) bond motifs is 3. The predicted octanol–water partition coefficient (Wildman–Crippen LogP) is 4.71. The lowest BCUT2D eigenvalue weighted by atomic mass is 9.93. The van der Waals surface area contributed by atoms with Crippen LogP contribution >= 0.6 is 0 Å². The standard InChI is InChI=1S/C27H26N4O2/c1-2-31-18-21-6-3-4-7-23(21)24-16-22(13-14-25(24)31)30-26(32)8-5-15-29-27(33)20-11-9-19(17-28)10-12-20/h3-4,6-7,9-14,16H,2,5,8,15,18H2,1H3,(H,29,33)(H,30,32). The van der Waals surface area contributed by atoms with Crippen LogP contribution in [0.3, 0.4) is 0 Å². The molecule has 0 bridgehead atoms. The molecule has 1 heterocycles. The molecule has 3 aromatic rings. The Hall–Kier alpha value is -4.11. The lowest BCUT2D eigenvalue weighted by Gasteiger charge is -2.32. The van der Waals surface area contributed by atoms with Crippen molar-refractivity contribution < 1.29 is 9.59 Å². The first kappa shape index (κ1) is 22.1. The van der Waals surface area contributed by atoms with E-state index in [0.717, 1.165) is 24.3 Å². The molecule has 1 aliphatic heterocycles. The highest BCUT2D eigenvalue weighted by Crippen LogP contribution is 2.40. The number of rotatable bonds is 7. The number of hydrogen-bond donors (Lipinski definition) is 2. The normalized spacial score (nSPS) is 11.7. The summed E-state index contributed by atoms with van der Waals surface area (Å²) in [7, 11) is 0. The second-order valence-corrected chi connectivity index (χ2v) is 8.00. The first-order valence-electron chi connectivity index (χ1n) is 11.1. The Bertz CT molecular complexity index is 1210. The molecule has 0 unspecified atom stereocenters. The average molecular weight is 439 g/mol. The van der Waals surface area contributed by atoms with Gasteiger partial charge in [-0.25, -0.2) is 0 Å². The summed E-state index contributed by atoms with van der Waals surface area (Å²) in [6.07, 6.45) is 0.841. The van der Waals surface area contributed by atoms with Crippen LogP contribution in [-0.2, 0) is 11.3 Å². The number of nitriles is 1. The van der Waals surface area contributed by atoms with Gasteiger partial charge < -0.3 is 15.5 Å². The van der Waals surface area contributed by atoms with Gasteiger partial charge in [0.2, 0.25) is 5.91 Å². The van der Waals surface area contributed by atoms with Crippen molar-refractivity contribution in [3.8, 4) is 17.2 Å². The van der Waals surface area contributed by atoms with Crippen LogP contribution in [0, 0.1) is 11.3 Å². The molecule has 0 saturated carbocycles. The van der Waals surface area contributed by atoms with E-state index < -0.39 is 0 Å². The highest BCUT2D eigenvalue weighted by molar-refractivity contribution is 5.95. The zero-order valence-corrected chi connectivity index (χ0v) is 18.6. The van der Waals surface area contributed by atoms with Gasteiger partial charge in [-0.15, -0.1) is 0 Å². The maximum Gasteiger partial charge on any atom is 0.251 e. The Labute approximate surface area is 193 Å². The molecular formula is C27H26N4O2. The monoisotopic (exact) mass is 438 g/mol. The third-order valence-electron chi connectivity index (χ3n) is 5.81. The number of benzene rings is 3. The van der Waals surface area contributed by atoms with Crippen molar-refractivity contribution in [2.75, 3.05) is 23.3 Å². The molecule has 6 heteroatoms. The summed E-state index contributed by atoms with van der Waals surface area (Å²) >= 11 is 0. The Morgan fingerprint density at radius 3 is 2.58 bits per heavy atom. The Morgan fingerprint density at radius 2 is 1.82 bits per heavy atom. The second kappa shape index (κ2) is 10.0. The van der Waals surface area contributed by atoms with Gasteiger partial charge in [-0.2, -0.15) is 5.26 Å². The minimum absolute atomic E-state index is 0.0842. The van der Waals surface area contributed by atoms with Gasteiger partial charge in [0.05, 0.1) is 11.6 Å². The molecule has 0 atom stereocenters. The van der Waals surface area contributed by atoms with Gasteiger partial charge >= 0.3 is 0 Å². The topological polar surface area (TPSA) is 85.2 Å². The highest BCUT2D eigenvalue weighted by atomic mass is 16.2. The van der Waals surface area contributed by atoms with Gasteiger partial charge in [-0.1, -0.05) is 24.3 Å². The molecule has 6 nitrogen and oxygen atoms in total. The largest absolute Gasteiger partial charge is 0.367 e. The first-order valence-corrected chi connectivity index (χ1v) is 11.1. The third-order valence-corrected chi connectivity index (χ3v) is 5.81. The first-order chi connectivity index (χ1) is 16.1. The van der Waals surface area contributed by atoms with Crippen LogP contribution in [0.2, 0.25) is 0 Å². The zero-order valence-electron chi connectivity index (χ0n) is 18.6. The Morgan fingerprint density at radius 1 is 1.03 bits per heavy atom. The lowest BCUT2D eigenvalue weighted by molar-refractivity contribution is -0.116. The van der Waals surface area contributed by atoms with Gasteiger partial charge in [-0.3, -0.25) is 9.59 Å². The molecule has 0 fully saturated rings. The fourth-order valence-corrected chi connectivity index (χ4v) is 4.07. The molecule has 0 radical (unpaired) electrons. The van der Waals surface area contributed by atoms with Crippen molar-refractivity contribution >= 4 is 23.2 Å². The number of carbonyl (C=O) groups excluding carboxylic acids is 2. The number of hydrogen-bond acceptors (Lipinski definition) is 4. The fraction of sp³-hybridized carbons (Fsp3) is 0.222. The van der Waals surface area contributed by atoms with Gasteiger partial charge in [0.1, 0.15) is 0 Å². The van der Waals surface area contributed by atoms with E-state index in [1.165, 1.54) is 16.8 Å². The van der Waals surface area contributed by atoms with Crippen molar-refractivity contribution in [1.29, 1.82) is 5.26 Å². The van der Waals surface area contributed by atoms with Gasteiger partial charge in [0, 0.05) is 48.6 Å². The molecule has 0 aliphatic carbocycles. The predicted molar refractivity (Wildman–Crippen MR) is 130 cm³/mol. The summed E-state index contributed by atoms with van der Waals surface area (Å²) in [6.45, 7) is 4.35. The molecule has 1 aliphatic rings. The van der Waals surface area contributed by atoms with Gasteiger partial charge in [-0.05, 0) is 66.9 Å². The number of nitrogens with one attached hydrogen (secondary N) is 2. The third kappa shape index (κ3) is 5.04. The van der Waals surface area contributed by atoms with Crippen molar-refractivity contribution in [3.05, 3.63) is 83.4 Å². The quantitative estimate of drug-likeness (QED) is 0.523. The van der Waals surface area contributed by atoms with E-state index in [2.05, 4.69) is 46.7 Å². The van der Waals surface area contributed by atoms with Crippen LogP contribution in [-0.4, -0.2) is 24.9 Å². The molecule has 2 N–H and O–H groups in total. The SMILES string of the molecule is CCN1Cc2ccccc2-c2cc(NC(=O)CCCNC(=O)c3ccc(C#N)cc3)ccc21. The molecule has 166 valence electrons. The smallest absolute Gasteiger partial charge is 0.251 e. The van der Waals surface area contributed by atoms with Crippen molar-refractivity contribution in [3.63, 3.8) is 0 Å². The molecule has 2 amide bonds. The van der Waals surface area contributed by atoms with E-state index in [9.17, 15) is 9.59 Å². The van der Waals surface area contributed by atoms with Crippen LogP contribution < -0.4 is 15.5 Å². The summed E-state index contributed by atoms with van der Waals surface area (Å²) in [5.41, 5.74) is 6.58. The van der Waals surface area contributed by atoms with Crippen LogP contribution in [0.4, 0.5) is 11.4 Å². The summed E-state index contributed by atoms with van der Waals surface area (Å²) in [6, 6.07) is 22.9. The second-order valence-electron chi connectivity index (χ2n) is 8.00. The molecule has 4 rings (SSSR count). The molecule has 0 saturated heterocycles. The number of nitrogens with zero attached hydrogens (tertiary/aromatic N) is 2. The Balaban J connectivity index is 1.32. The minimum atomic E-state index is -0.214. The fourth-order valence-electron chi connectivity index (χ4n) is 4.07. The molecule has 0 spiro atoms. The van der Waals surface area contributed by atoms with Crippen molar-refractivity contribution in [2.24, 2.45) is 0 Å². The highest BCUT2D eigenvalue weighted by Gasteiger charge is 2.21.